The first-order valence-corrected chi connectivity index (χ1v) is 6.10. The van der Waals surface area contributed by atoms with Gasteiger partial charge in [-0.2, -0.15) is 0 Å². The number of aromatic nitrogens is 2. The molecule has 0 amide bonds. The van der Waals surface area contributed by atoms with E-state index in [0.717, 1.165) is 5.82 Å². The van der Waals surface area contributed by atoms with Gasteiger partial charge in [-0.3, -0.25) is 0 Å². The molecule has 1 aromatic heterocycles. The standard InChI is InChI=1S/C13H15ClFN3/c1-18-6-5-17-12(18)8-10(16)7-9-3-2-4-11(14)13(9)15/h2-6,10H,7-8,16H2,1H3. The van der Waals surface area contributed by atoms with Crippen LogP contribution in [0.1, 0.15) is 11.4 Å². The average molecular weight is 268 g/mol. The van der Waals surface area contributed by atoms with Crippen LogP contribution in [0.3, 0.4) is 0 Å². The van der Waals surface area contributed by atoms with Crippen LogP contribution in [0.25, 0.3) is 0 Å². The lowest BCUT2D eigenvalue weighted by molar-refractivity contribution is 0.573. The largest absolute Gasteiger partial charge is 0.338 e. The lowest BCUT2D eigenvalue weighted by atomic mass is 10.0. The minimum absolute atomic E-state index is 0.136. The van der Waals surface area contributed by atoms with Gasteiger partial charge in [0.25, 0.3) is 0 Å². The van der Waals surface area contributed by atoms with E-state index >= 15 is 0 Å². The molecule has 18 heavy (non-hydrogen) atoms. The first kappa shape index (κ1) is 13.1. The van der Waals surface area contributed by atoms with E-state index in [2.05, 4.69) is 4.98 Å². The first-order chi connectivity index (χ1) is 8.58. The van der Waals surface area contributed by atoms with Crippen LogP contribution >= 0.6 is 11.6 Å². The Balaban J connectivity index is 2.05. The van der Waals surface area contributed by atoms with E-state index in [1.165, 1.54) is 6.07 Å². The van der Waals surface area contributed by atoms with Gasteiger partial charge in [-0.15, -0.1) is 0 Å². The molecule has 0 bridgehead atoms. The summed E-state index contributed by atoms with van der Waals surface area (Å²) in [6, 6.07) is 4.79. The molecule has 0 aliphatic rings. The average Bonchev–Trinajstić information content (AvgIpc) is 2.71. The number of aryl methyl sites for hydroxylation is 1. The van der Waals surface area contributed by atoms with Gasteiger partial charge in [-0.05, 0) is 18.1 Å². The number of imidazole rings is 1. The van der Waals surface area contributed by atoms with Crippen molar-refractivity contribution in [2.75, 3.05) is 0 Å². The van der Waals surface area contributed by atoms with Gasteiger partial charge in [0, 0.05) is 31.9 Å². The fourth-order valence-electron chi connectivity index (χ4n) is 1.89. The summed E-state index contributed by atoms with van der Waals surface area (Å²) in [5, 5.41) is 0.136. The van der Waals surface area contributed by atoms with Crippen LogP contribution < -0.4 is 5.73 Å². The fraction of sp³-hybridized carbons (Fsp3) is 0.308. The molecule has 0 saturated carbocycles. The van der Waals surface area contributed by atoms with Gasteiger partial charge >= 0.3 is 0 Å². The summed E-state index contributed by atoms with van der Waals surface area (Å²) in [6.45, 7) is 0. The van der Waals surface area contributed by atoms with E-state index in [1.807, 2.05) is 17.8 Å². The fourth-order valence-corrected chi connectivity index (χ4v) is 2.08. The van der Waals surface area contributed by atoms with E-state index in [9.17, 15) is 4.39 Å². The molecule has 1 atom stereocenters. The summed E-state index contributed by atoms with van der Waals surface area (Å²) < 4.78 is 15.6. The van der Waals surface area contributed by atoms with Crippen molar-refractivity contribution >= 4 is 11.6 Å². The second-order valence-electron chi connectivity index (χ2n) is 4.34. The summed E-state index contributed by atoms with van der Waals surface area (Å²) in [7, 11) is 1.91. The SMILES string of the molecule is Cn1ccnc1CC(N)Cc1cccc(Cl)c1F. The molecule has 0 radical (unpaired) electrons. The van der Waals surface area contributed by atoms with Crippen molar-refractivity contribution in [3.05, 3.63) is 52.8 Å². The van der Waals surface area contributed by atoms with Gasteiger partial charge < -0.3 is 10.3 Å². The lowest BCUT2D eigenvalue weighted by Gasteiger charge is -2.12. The molecule has 1 aromatic carbocycles. The number of halogens is 2. The Morgan fingerprint density at radius 1 is 1.44 bits per heavy atom. The third kappa shape index (κ3) is 2.89. The van der Waals surface area contributed by atoms with Gasteiger partial charge in [0.15, 0.2) is 0 Å². The van der Waals surface area contributed by atoms with Crippen molar-refractivity contribution in [1.29, 1.82) is 0 Å². The topological polar surface area (TPSA) is 43.8 Å². The van der Waals surface area contributed by atoms with Crippen molar-refractivity contribution in [2.24, 2.45) is 12.8 Å². The highest BCUT2D eigenvalue weighted by molar-refractivity contribution is 6.30. The summed E-state index contributed by atoms with van der Waals surface area (Å²) in [6.07, 6.45) is 4.64. The second kappa shape index (κ2) is 5.50. The number of rotatable bonds is 4. The molecule has 2 rings (SSSR count). The van der Waals surface area contributed by atoms with Crippen LogP contribution in [-0.2, 0) is 19.9 Å². The van der Waals surface area contributed by atoms with E-state index in [0.29, 0.717) is 18.4 Å². The van der Waals surface area contributed by atoms with Gasteiger partial charge in [0.1, 0.15) is 11.6 Å². The molecule has 2 N–H and O–H groups in total. The highest BCUT2D eigenvalue weighted by Crippen LogP contribution is 2.19. The second-order valence-corrected chi connectivity index (χ2v) is 4.74. The predicted molar refractivity (Wildman–Crippen MR) is 70.0 cm³/mol. The smallest absolute Gasteiger partial charge is 0.145 e. The highest BCUT2D eigenvalue weighted by Gasteiger charge is 2.12. The normalized spacial score (nSPS) is 12.7. The molecule has 0 aliphatic heterocycles. The van der Waals surface area contributed by atoms with Crippen LogP contribution in [0.4, 0.5) is 4.39 Å². The van der Waals surface area contributed by atoms with E-state index in [4.69, 9.17) is 17.3 Å². The monoisotopic (exact) mass is 267 g/mol. The summed E-state index contributed by atoms with van der Waals surface area (Å²) in [4.78, 5) is 4.20. The Morgan fingerprint density at radius 3 is 2.89 bits per heavy atom. The number of nitrogens with zero attached hydrogens (tertiary/aromatic N) is 2. The molecule has 1 heterocycles. The van der Waals surface area contributed by atoms with Crippen LogP contribution in [0, 0.1) is 5.82 Å². The molecule has 0 spiro atoms. The third-order valence-electron chi connectivity index (χ3n) is 2.88. The zero-order chi connectivity index (χ0) is 13.1. The van der Waals surface area contributed by atoms with E-state index in [-0.39, 0.29) is 16.9 Å². The summed E-state index contributed by atoms with van der Waals surface area (Å²) in [5.41, 5.74) is 6.57. The van der Waals surface area contributed by atoms with Crippen molar-refractivity contribution < 1.29 is 4.39 Å². The van der Waals surface area contributed by atoms with Crippen LogP contribution in [0.5, 0.6) is 0 Å². The van der Waals surface area contributed by atoms with Crippen LogP contribution in [0.15, 0.2) is 30.6 Å². The molecule has 1 unspecified atom stereocenters. The Hall–Kier alpha value is -1.39. The molecule has 0 saturated heterocycles. The number of hydrogen-bond acceptors (Lipinski definition) is 2. The predicted octanol–water partition coefficient (Wildman–Crippen LogP) is 2.33. The van der Waals surface area contributed by atoms with Crippen LogP contribution in [-0.4, -0.2) is 15.6 Å². The number of hydrogen-bond donors (Lipinski definition) is 1. The zero-order valence-electron chi connectivity index (χ0n) is 10.1. The molecule has 5 heteroatoms. The maximum atomic E-state index is 13.7. The molecule has 3 nitrogen and oxygen atoms in total. The minimum atomic E-state index is -0.380. The van der Waals surface area contributed by atoms with Gasteiger partial charge in [0.2, 0.25) is 0 Å². The molecule has 96 valence electrons. The molecular formula is C13H15ClFN3. The molecule has 0 aliphatic carbocycles. The van der Waals surface area contributed by atoms with Gasteiger partial charge in [-0.25, -0.2) is 9.37 Å². The van der Waals surface area contributed by atoms with Crippen molar-refractivity contribution in [1.82, 2.24) is 9.55 Å². The van der Waals surface area contributed by atoms with Crippen molar-refractivity contribution in [3.8, 4) is 0 Å². The lowest BCUT2D eigenvalue weighted by Crippen LogP contribution is -2.27. The van der Waals surface area contributed by atoms with Gasteiger partial charge in [-0.1, -0.05) is 23.7 Å². The summed E-state index contributed by atoms with van der Waals surface area (Å²) >= 11 is 5.73. The summed E-state index contributed by atoms with van der Waals surface area (Å²) in [5.74, 6) is 0.513. The minimum Gasteiger partial charge on any atom is -0.338 e. The Bertz CT molecular complexity index is 539. The van der Waals surface area contributed by atoms with Crippen LogP contribution in [0.2, 0.25) is 5.02 Å². The Morgan fingerprint density at radius 2 is 2.22 bits per heavy atom. The third-order valence-corrected chi connectivity index (χ3v) is 3.17. The van der Waals surface area contributed by atoms with E-state index < -0.39 is 0 Å². The molecule has 0 fully saturated rings. The zero-order valence-corrected chi connectivity index (χ0v) is 10.9. The number of benzene rings is 1. The number of nitrogens with two attached hydrogens (primary N) is 1. The maximum Gasteiger partial charge on any atom is 0.145 e. The molecule has 2 aromatic rings. The highest BCUT2D eigenvalue weighted by atomic mass is 35.5. The van der Waals surface area contributed by atoms with Crippen molar-refractivity contribution in [3.63, 3.8) is 0 Å². The Labute approximate surface area is 110 Å². The molecular weight excluding hydrogens is 253 g/mol. The maximum absolute atomic E-state index is 13.7. The first-order valence-electron chi connectivity index (χ1n) is 5.72. The Kier molecular flexibility index (Phi) is 3.99. The quantitative estimate of drug-likeness (QED) is 0.924. The van der Waals surface area contributed by atoms with Crippen molar-refractivity contribution in [2.45, 2.75) is 18.9 Å². The van der Waals surface area contributed by atoms with E-state index in [1.54, 1.807) is 18.3 Å². The van der Waals surface area contributed by atoms with Gasteiger partial charge in [0.05, 0.1) is 5.02 Å².